The Morgan fingerprint density at radius 3 is 2.64 bits per heavy atom. The van der Waals surface area contributed by atoms with Gasteiger partial charge in [0.15, 0.2) is 0 Å². The van der Waals surface area contributed by atoms with Gasteiger partial charge in [-0.15, -0.1) is 22.2 Å². The molecule has 0 nitrogen and oxygen atoms in total. The number of hydrogen-bond acceptors (Lipinski definition) is 1. The summed E-state index contributed by atoms with van der Waals surface area (Å²) in [5.74, 6) is 0. The van der Waals surface area contributed by atoms with Gasteiger partial charge in [0, 0.05) is 0 Å². The summed E-state index contributed by atoms with van der Waals surface area (Å²) in [6.45, 7) is 0. The normalized spacial score (nSPS) is 8.36. The molecular weight excluding hydrogens is 188 g/mol. The van der Waals surface area contributed by atoms with Crippen LogP contribution < -0.4 is 12.4 Å². The fourth-order valence-corrected chi connectivity index (χ4v) is 1.55. The van der Waals surface area contributed by atoms with Crippen molar-refractivity contribution in [2.45, 2.75) is 0 Å². The first kappa shape index (κ1) is 11.2. The van der Waals surface area contributed by atoms with Crippen molar-refractivity contribution in [3.05, 3.63) is 35.7 Å². The molecule has 0 saturated carbocycles. The number of hydrogen-bond donors (Lipinski definition) is 0. The number of rotatable bonds is 0. The second-order valence-corrected chi connectivity index (χ2v) is 2.78. The number of halogens is 1. The Hall–Kier alpha value is 0.236. The van der Waals surface area contributed by atoms with E-state index in [2.05, 4.69) is 17.5 Å². The average molecular weight is 193 g/mol. The van der Waals surface area contributed by atoms with Gasteiger partial charge in [0.05, 0.1) is 0 Å². The zero-order valence-corrected chi connectivity index (χ0v) is 8.87. The van der Waals surface area contributed by atoms with E-state index in [4.69, 9.17) is 0 Å². The van der Waals surface area contributed by atoms with Crippen molar-refractivity contribution in [3.8, 4) is 0 Å². The molecule has 0 aliphatic rings. The molecular formula is C8H5ClMgS. The standard InChI is InChI=1S/C8H5S.ClH.Mg/c1-2-4-8-7(3-1)5-6-9-8;;/h1-5H;1H;/q-1;;+2/p-1. The second kappa shape index (κ2) is 4.98. The molecule has 0 saturated heterocycles. The first-order valence-corrected chi connectivity index (χ1v) is 3.63. The van der Waals surface area contributed by atoms with Crippen molar-refractivity contribution >= 4 is 44.5 Å². The molecule has 52 valence electrons. The van der Waals surface area contributed by atoms with E-state index < -0.39 is 0 Å². The Bertz CT molecular complexity index is 288. The molecule has 0 unspecified atom stereocenters. The molecule has 0 aliphatic heterocycles. The maximum Gasteiger partial charge on any atom is 2.00 e. The van der Waals surface area contributed by atoms with Crippen LogP contribution in [0.4, 0.5) is 0 Å². The van der Waals surface area contributed by atoms with Crippen molar-refractivity contribution in [2.75, 3.05) is 0 Å². The fraction of sp³-hybridized carbons (Fsp3) is 0. The summed E-state index contributed by atoms with van der Waals surface area (Å²) in [7, 11) is 0. The minimum absolute atomic E-state index is 0. The van der Waals surface area contributed by atoms with Crippen LogP contribution in [0.3, 0.4) is 0 Å². The summed E-state index contributed by atoms with van der Waals surface area (Å²) in [5.41, 5.74) is 0. The van der Waals surface area contributed by atoms with Gasteiger partial charge < -0.3 is 12.4 Å². The molecule has 0 bridgehead atoms. The predicted molar refractivity (Wildman–Crippen MR) is 46.4 cm³/mol. The molecule has 2 rings (SSSR count). The first-order valence-electron chi connectivity index (χ1n) is 2.81. The number of fused-ring (bicyclic) bond motifs is 1. The van der Waals surface area contributed by atoms with Gasteiger partial charge in [0.1, 0.15) is 0 Å². The zero-order chi connectivity index (χ0) is 6.10. The Balaban J connectivity index is 0.000000500. The van der Waals surface area contributed by atoms with Crippen molar-refractivity contribution in [3.63, 3.8) is 0 Å². The van der Waals surface area contributed by atoms with Crippen molar-refractivity contribution in [1.29, 1.82) is 0 Å². The van der Waals surface area contributed by atoms with E-state index in [1.807, 2.05) is 18.2 Å². The van der Waals surface area contributed by atoms with Crippen molar-refractivity contribution in [2.24, 2.45) is 0 Å². The molecule has 0 atom stereocenters. The van der Waals surface area contributed by atoms with E-state index >= 15 is 0 Å². The summed E-state index contributed by atoms with van der Waals surface area (Å²) in [6, 6.07) is 10.3. The Morgan fingerprint density at radius 1 is 1.18 bits per heavy atom. The monoisotopic (exact) mass is 192 g/mol. The third-order valence-electron chi connectivity index (χ3n) is 1.30. The zero-order valence-electron chi connectivity index (χ0n) is 5.88. The van der Waals surface area contributed by atoms with Gasteiger partial charge in [-0.1, -0.05) is 12.1 Å². The predicted octanol–water partition coefficient (Wildman–Crippen LogP) is -0.675. The molecule has 0 radical (unpaired) electrons. The van der Waals surface area contributed by atoms with Gasteiger partial charge in [-0.25, -0.2) is 0 Å². The maximum absolute atomic E-state index is 3.08. The van der Waals surface area contributed by atoms with Crippen LogP contribution in [0.5, 0.6) is 0 Å². The van der Waals surface area contributed by atoms with E-state index in [1.165, 1.54) is 10.1 Å². The largest absolute Gasteiger partial charge is 2.00 e. The minimum atomic E-state index is 0. The van der Waals surface area contributed by atoms with Crippen LogP contribution in [0.2, 0.25) is 0 Å². The third-order valence-corrected chi connectivity index (χ3v) is 2.13. The molecule has 2 aromatic rings. The Kier molecular flexibility index (Phi) is 5.09. The van der Waals surface area contributed by atoms with E-state index in [0.29, 0.717) is 0 Å². The van der Waals surface area contributed by atoms with Gasteiger partial charge in [0.25, 0.3) is 0 Å². The minimum Gasteiger partial charge on any atom is -1.00 e. The van der Waals surface area contributed by atoms with Crippen LogP contribution in [0.15, 0.2) is 30.3 Å². The van der Waals surface area contributed by atoms with E-state index in [0.717, 1.165) is 0 Å². The molecule has 0 N–H and O–H groups in total. The Labute approximate surface area is 92.2 Å². The summed E-state index contributed by atoms with van der Waals surface area (Å²) in [6.07, 6.45) is 0. The summed E-state index contributed by atoms with van der Waals surface area (Å²) < 4.78 is 1.32. The van der Waals surface area contributed by atoms with Crippen LogP contribution in [-0.4, -0.2) is 23.1 Å². The molecule has 11 heavy (non-hydrogen) atoms. The second-order valence-electron chi connectivity index (χ2n) is 1.90. The van der Waals surface area contributed by atoms with Gasteiger partial charge in [-0.05, 0) is 0 Å². The fourth-order valence-electron chi connectivity index (χ4n) is 0.849. The van der Waals surface area contributed by atoms with Gasteiger partial charge >= 0.3 is 23.1 Å². The SMILES string of the molecule is [Cl-].[Mg+2].[c-]1cc2ccccc2s1. The van der Waals surface area contributed by atoms with Crippen LogP contribution in [0.25, 0.3) is 10.1 Å². The summed E-state index contributed by atoms with van der Waals surface area (Å²) in [5, 5.41) is 4.37. The van der Waals surface area contributed by atoms with Crippen molar-refractivity contribution < 1.29 is 12.4 Å². The number of thiophene rings is 1. The molecule has 0 fully saturated rings. The molecule has 1 heterocycles. The maximum atomic E-state index is 3.08. The topological polar surface area (TPSA) is 0 Å². The van der Waals surface area contributed by atoms with Gasteiger partial charge in [0.2, 0.25) is 0 Å². The molecule has 1 aromatic heterocycles. The third kappa shape index (κ3) is 2.34. The van der Waals surface area contributed by atoms with Gasteiger partial charge in [-0.2, -0.15) is 11.5 Å². The average Bonchev–Trinajstić information content (AvgIpc) is 2.33. The van der Waals surface area contributed by atoms with E-state index in [9.17, 15) is 0 Å². The van der Waals surface area contributed by atoms with Gasteiger partial charge in [-0.3, -0.25) is 11.3 Å². The summed E-state index contributed by atoms with van der Waals surface area (Å²) >= 11 is 1.66. The van der Waals surface area contributed by atoms with Crippen molar-refractivity contribution in [1.82, 2.24) is 0 Å². The number of benzene rings is 1. The van der Waals surface area contributed by atoms with Crippen LogP contribution in [0, 0.1) is 5.38 Å². The molecule has 1 aromatic carbocycles. The van der Waals surface area contributed by atoms with Crippen LogP contribution >= 0.6 is 11.3 Å². The molecule has 0 aliphatic carbocycles. The summed E-state index contributed by atoms with van der Waals surface area (Å²) in [4.78, 5) is 0. The molecule has 0 amide bonds. The smallest absolute Gasteiger partial charge is 1.00 e. The first-order chi connectivity index (χ1) is 4.47. The molecule has 3 heteroatoms. The Morgan fingerprint density at radius 2 is 1.91 bits per heavy atom. The van der Waals surface area contributed by atoms with E-state index in [-0.39, 0.29) is 35.5 Å². The van der Waals surface area contributed by atoms with Crippen LogP contribution in [-0.2, 0) is 0 Å². The van der Waals surface area contributed by atoms with E-state index in [1.54, 1.807) is 11.3 Å². The quantitative estimate of drug-likeness (QED) is 0.384. The molecule has 0 spiro atoms. The van der Waals surface area contributed by atoms with Crippen LogP contribution in [0.1, 0.15) is 0 Å².